The second-order valence-corrected chi connectivity index (χ2v) is 3.43. The fourth-order valence-corrected chi connectivity index (χ4v) is 1.63. The van der Waals surface area contributed by atoms with Crippen LogP contribution in [0.15, 0.2) is 39.9 Å². The number of para-hydroxylation sites is 1. The topological polar surface area (TPSA) is 96.4 Å². The van der Waals surface area contributed by atoms with Gasteiger partial charge in [-0.25, -0.2) is 9.36 Å². The van der Waals surface area contributed by atoms with Crippen LogP contribution in [0.1, 0.15) is 0 Å². The van der Waals surface area contributed by atoms with Gasteiger partial charge in [0.25, 0.3) is 5.56 Å². The largest absolute Gasteiger partial charge is 0.334 e. The van der Waals surface area contributed by atoms with E-state index in [1.807, 2.05) is 0 Å². The van der Waals surface area contributed by atoms with Crippen LogP contribution in [0.25, 0.3) is 16.9 Å². The molecule has 84 valence electrons. The van der Waals surface area contributed by atoms with Crippen molar-refractivity contribution < 1.29 is 0 Å². The zero-order valence-corrected chi connectivity index (χ0v) is 8.54. The lowest BCUT2D eigenvalue weighted by molar-refractivity contribution is 0.896. The van der Waals surface area contributed by atoms with Crippen molar-refractivity contribution in [3.05, 3.63) is 51.2 Å². The Balaban J connectivity index is 2.45. The highest BCUT2D eigenvalue weighted by Crippen LogP contribution is 2.02. The van der Waals surface area contributed by atoms with Crippen LogP contribution in [0.5, 0.6) is 0 Å². The first kappa shape index (κ1) is 9.52. The fourth-order valence-electron chi connectivity index (χ4n) is 1.63. The van der Waals surface area contributed by atoms with Gasteiger partial charge in [-0.3, -0.25) is 9.78 Å². The molecule has 2 aromatic heterocycles. The van der Waals surface area contributed by atoms with Crippen molar-refractivity contribution in [1.82, 2.24) is 25.0 Å². The number of hydrogen-bond acceptors (Lipinski definition) is 4. The molecule has 7 heteroatoms. The van der Waals surface area contributed by atoms with Gasteiger partial charge in [0.1, 0.15) is 0 Å². The minimum absolute atomic E-state index is 0.105. The summed E-state index contributed by atoms with van der Waals surface area (Å²) in [4.78, 5) is 26.3. The smallest absolute Gasteiger partial charge is 0.288 e. The van der Waals surface area contributed by atoms with E-state index in [9.17, 15) is 9.59 Å². The molecule has 3 rings (SSSR count). The molecule has 3 aromatic rings. The number of H-pyrrole nitrogens is 2. The summed E-state index contributed by atoms with van der Waals surface area (Å²) in [5.74, 6) is 0. The maximum atomic E-state index is 12.0. The molecule has 0 spiro atoms. The monoisotopic (exact) mass is 229 g/mol. The number of aromatic amines is 2. The Morgan fingerprint density at radius 2 is 1.82 bits per heavy atom. The zero-order valence-electron chi connectivity index (χ0n) is 8.54. The van der Waals surface area contributed by atoms with Gasteiger partial charge in [-0.2, -0.15) is 5.21 Å². The van der Waals surface area contributed by atoms with Crippen LogP contribution in [0.2, 0.25) is 0 Å². The van der Waals surface area contributed by atoms with Gasteiger partial charge < -0.3 is 0 Å². The predicted octanol–water partition coefficient (Wildman–Crippen LogP) is -0.203. The first-order chi connectivity index (χ1) is 8.27. The molecule has 2 heterocycles. The van der Waals surface area contributed by atoms with Crippen molar-refractivity contribution >= 4 is 11.2 Å². The number of aromatic nitrogens is 5. The van der Waals surface area contributed by atoms with Crippen molar-refractivity contribution in [3.63, 3.8) is 0 Å². The standard InChI is InChI=1S/C10H7N5O2/c16-9-7-8(13-14-12-7)11-10(17)15(9)6-4-2-1-3-5-6/h1-5H,(H2,11,12,13,14,17). The summed E-state index contributed by atoms with van der Waals surface area (Å²) in [6.07, 6.45) is 0. The molecule has 0 saturated heterocycles. The summed E-state index contributed by atoms with van der Waals surface area (Å²) in [5, 5.41) is 9.68. The molecule has 0 aliphatic carbocycles. The lowest BCUT2D eigenvalue weighted by Crippen LogP contribution is -2.33. The predicted molar refractivity (Wildman–Crippen MR) is 60.1 cm³/mol. The summed E-state index contributed by atoms with van der Waals surface area (Å²) in [6.45, 7) is 0. The highest BCUT2D eigenvalue weighted by Gasteiger charge is 2.11. The van der Waals surface area contributed by atoms with Crippen LogP contribution < -0.4 is 11.2 Å². The maximum Gasteiger partial charge on any atom is 0.334 e. The second-order valence-electron chi connectivity index (χ2n) is 3.43. The molecule has 0 aliphatic rings. The van der Waals surface area contributed by atoms with Crippen molar-refractivity contribution in [2.24, 2.45) is 0 Å². The van der Waals surface area contributed by atoms with Crippen LogP contribution in [-0.2, 0) is 0 Å². The highest BCUT2D eigenvalue weighted by atomic mass is 16.2. The summed E-state index contributed by atoms with van der Waals surface area (Å²) >= 11 is 0. The third-order valence-electron chi connectivity index (χ3n) is 2.40. The van der Waals surface area contributed by atoms with Crippen LogP contribution in [-0.4, -0.2) is 25.0 Å². The van der Waals surface area contributed by atoms with E-state index in [-0.39, 0.29) is 11.2 Å². The zero-order chi connectivity index (χ0) is 11.8. The SMILES string of the molecule is O=c1[nH]c2n[nH]nc2c(=O)n1-c1ccccc1. The van der Waals surface area contributed by atoms with E-state index in [1.54, 1.807) is 30.3 Å². The van der Waals surface area contributed by atoms with Crippen LogP contribution in [0, 0.1) is 0 Å². The van der Waals surface area contributed by atoms with E-state index in [1.165, 1.54) is 0 Å². The number of benzene rings is 1. The molecule has 0 radical (unpaired) electrons. The molecule has 1 aromatic carbocycles. The molecule has 0 saturated carbocycles. The Kier molecular flexibility index (Phi) is 1.91. The quantitative estimate of drug-likeness (QED) is 0.603. The summed E-state index contributed by atoms with van der Waals surface area (Å²) in [5.41, 5.74) is -0.282. The molecule has 0 unspecified atom stereocenters. The van der Waals surface area contributed by atoms with Crippen molar-refractivity contribution in [2.75, 3.05) is 0 Å². The Morgan fingerprint density at radius 1 is 1.06 bits per heavy atom. The van der Waals surface area contributed by atoms with E-state index >= 15 is 0 Å². The van der Waals surface area contributed by atoms with Gasteiger partial charge in [0.15, 0.2) is 11.2 Å². The van der Waals surface area contributed by atoms with Gasteiger partial charge in [0.2, 0.25) is 0 Å². The number of fused-ring (bicyclic) bond motifs is 1. The Hall–Kier alpha value is -2.70. The van der Waals surface area contributed by atoms with Crippen molar-refractivity contribution in [2.45, 2.75) is 0 Å². The van der Waals surface area contributed by atoms with Crippen LogP contribution in [0.3, 0.4) is 0 Å². The average molecular weight is 229 g/mol. The maximum absolute atomic E-state index is 12.0. The summed E-state index contributed by atoms with van der Waals surface area (Å²) in [6, 6.07) is 8.63. The van der Waals surface area contributed by atoms with Gasteiger partial charge in [-0.05, 0) is 12.1 Å². The van der Waals surface area contributed by atoms with Crippen molar-refractivity contribution in [3.8, 4) is 5.69 Å². The Labute approximate surface area is 93.7 Å². The summed E-state index contributed by atoms with van der Waals surface area (Å²) in [7, 11) is 0. The van der Waals surface area contributed by atoms with Gasteiger partial charge in [0.05, 0.1) is 5.69 Å². The van der Waals surface area contributed by atoms with E-state index in [4.69, 9.17) is 0 Å². The van der Waals surface area contributed by atoms with E-state index in [0.29, 0.717) is 5.69 Å². The van der Waals surface area contributed by atoms with E-state index in [2.05, 4.69) is 20.4 Å². The molecule has 0 aliphatic heterocycles. The molecule has 2 N–H and O–H groups in total. The number of hydrogen-bond donors (Lipinski definition) is 2. The summed E-state index contributed by atoms with van der Waals surface area (Å²) < 4.78 is 1.02. The lowest BCUT2D eigenvalue weighted by atomic mass is 10.3. The van der Waals surface area contributed by atoms with Gasteiger partial charge in [0, 0.05) is 0 Å². The molecule has 0 amide bonds. The normalized spacial score (nSPS) is 10.8. The lowest BCUT2D eigenvalue weighted by Gasteiger charge is -2.02. The van der Waals surface area contributed by atoms with Crippen LogP contribution >= 0.6 is 0 Å². The van der Waals surface area contributed by atoms with Gasteiger partial charge in [-0.15, -0.1) is 10.2 Å². The second kappa shape index (κ2) is 3.41. The van der Waals surface area contributed by atoms with Gasteiger partial charge in [-0.1, -0.05) is 18.2 Å². The van der Waals surface area contributed by atoms with Crippen LogP contribution in [0.4, 0.5) is 0 Å². The average Bonchev–Trinajstić information content (AvgIpc) is 2.78. The fraction of sp³-hybridized carbons (Fsp3) is 0. The molecule has 0 atom stereocenters. The Bertz CT molecular complexity index is 784. The Morgan fingerprint density at radius 3 is 2.59 bits per heavy atom. The number of rotatable bonds is 1. The molecule has 7 nitrogen and oxygen atoms in total. The van der Waals surface area contributed by atoms with Gasteiger partial charge >= 0.3 is 5.69 Å². The molecular formula is C10H7N5O2. The van der Waals surface area contributed by atoms with Crippen molar-refractivity contribution in [1.29, 1.82) is 0 Å². The first-order valence-electron chi connectivity index (χ1n) is 4.88. The molecule has 0 bridgehead atoms. The number of nitrogens with one attached hydrogen (secondary N) is 2. The minimum Gasteiger partial charge on any atom is -0.288 e. The first-order valence-corrected chi connectivity index (χ1v) is 4.88. The van der Waals surface area contributed by atoms with E-state index in [0.717, 1.165) is 4.57 Å². The number of nitrogens with zero attached hydrogens (tertiary/aromatic N) is 3. The highest BCUT2D eigenvalue weighted by molar-refractivity contribution is 5.67. The molecule has 17 heavy (non-hydrogen) atoms. The third-order valence-corrected chi connectivity index (χ3v) is 2.40. The van der Waals surface area contributed by atoms with E-state index < -0.39 is 11.2 Å². The third kappa shape index (κ3) is 1.36. The minimum atomic E-state index is -0.539. The molecule has 0 fully saturated rings. The molecular weight excluding hydrogens is 222 g/mol.